The number of rotatable bonds is 5. The fraction of sp³-hybridized carbons (Fsp3) is 0.857. The quantitative estimate of drug-likeness (QED) is 0.870. The molecular formula is C14H26N4O3S. The van der Waals surface area contributed by atoms with Crippen LogP contribution in [0, 0.1) is 5.92 Å². The topological polar surface area (TPSA) is 88.3 Å². The fourth-order valence-electron chi connectivity index (χ4n) is 2.55. The second-order valence-corrected chi connectivity index (χ2v) is 8.96. The number of nitrogens with zero attached hydrogens (tertiary/aromatic N) is 3. The van der Waals surface area contributed by atoms with Crippen molar-refractivity contribution in [2.24, 2.45) is 5.92 Å². The van der Waals surface area contributed by atoms with E-state index in [4.69, 9.17) is 4.52 Å². The smallest absolute Gasteiger partial charge is 0.232 e. The predicted molar refractivity (Wildman–Crippen MR) is 83.8 cm³/mol. The molecule has 1 N–H and O–H groups in total. The lowest BCUT2D eigenvalue weighted by atomic mass is 9.97. The van der Waals surface area contributed by atoms with Crippen molar-refractivity contribution in [1.29, 1.82) is 0 Å². The van der Waals surface area contributed by atoms with E-state index in [1.807, 2.05) is 20.8 Å². The molecule has 2 rings (SSSR count). The Kier molecular flexibility index (Phi) is 5.24. The van der Waals surface area contributed by atoms with Crippen LogP contribution in [0.2, 0.25) is 0 Å². The van der Waals surface area contributed by atoms with Gasteiger partial charge in [-0.2, -0.15) is 4.98 Å². The summed E-state index contributed by atoms with van der Waals surface area (Å²) in [6.45, 7) is 9.09. The number of hydrogen-bond donors (Lipinski definition) is 1. The molecule has 0 spiro atoms. The molecule has 0 aliphatic carbocycles. The van der Waals surface area contributed by atoms with Crippen molar-refractivity contribution in [3.8, 4) is 0 Å². The molecule has 126 valence electrons. The highest BCUT2D eigenvalue weighted by Crippen LogP contribution is 2.21. The second-order valence-electron chi connectivity index (χ2n) is 7.13. The van der Waals surface area contributed by atoms with Crippen molar-refractivity contribution < 1.29 is 12.9 Å². The van der Waals surface area contributed by atoms with E-state index < -0.39 is 10.0 Å². The van der Waals surface area contributed by atoms with Crippen LogP contribution in [0.25, 0.3) is 0 Å². The molecule has 0 amide bonds. The first-order valence-corrected chi connectivity index (χ1v) is 9.53. The minimum atomic E-state index is -3.12. The zero-order valence-corrected chi connectivity index (χ0v) is 14.6. The predicted octanol–water partition coefficient (Wildman–Crippen LogP) is 1.13. The number of nitrogens with one attached hydrogen (secondary N) is 1. The van der Waals surface area contributed by atoms with Crippen LogP contribution in [0.4, 0.5) is 0 Å². The zero-order valence-electron chi connectivity index (χ0n) is 13.8. The van der Waals surface area contributed by atoms with Crippen LogP contribution in [0.15, 0.2) is 4.52 Å². The van der Waals surface area contributed by atoms with Gasteiger partial charge in [0.15, 0.2) is 5.82 Å². The lowest BCUT2D eigenvalue weighted by Gasteiger charge is -2.31. The fourth-order valence-corrected chi connectivity index (χ4v) is 3.09. The van der Waals surface area contributed by atoms with Gasteiger partial charge < -0.3 is 4.52 Å². The average Bonchev–Trinajstić information content (AvgIpc) is 2.84. The van der Waals surface area contributed by atoms with Crippen LogP contribution in [0.3, 0.4) is 0 Å². The van der Waals surface area contributed by atoms with Crippen molar-refractivity contribution in [3.63, 3.8) is 0 Å². The van der Waals surface area contributed by atoms with E-state index in [2.05, 4.69) is 19.8 Å². The summed E-state index contributed by atoms with van der Waals surface area (Å²) in [7, 11) is -3.12. The average molecular weight is 330 g/mol. The molecule has 2 heterocycles. The Bertz CT molecular complexity index is 591. The Balaban J connectivity index is 1.89. The van der Waals surface area contributed by atoms with Gasteiger partial charge in [-0.05, 0) is 25.3 Å². The molecule has 7 nitrogen and oxygen atoms in total. The number of hydrogen-bond acceptors (Lipinski definition) is 6. The van der Waals surface area contributed by atoms with E-state index in [9.17, 15) is 8.42 Å². The third-order valence-electron chi connectivity index (χ3n) is 3.71. The van der Waals surface area contributed by atoms with Crippen LogP contribution in [0.1, 0.15) is 45.3 Å². The highest BCUT2D eigenvalue weighted by Gasteiger charge is 2.25. The van der Waals surface area contributed by atoms with Crippen molar-refractivity contribution in [1.82, 2.24) is 19.8 Å². The lowest BCUT2D eigenvalue weighted by Crippen LogP contribution is -2.40. The van der Waals surface area contributed by atoms with Gasteiger partial charge in [0.1, 0.15) is 0 Å². The van der Waals surface area contributed by atoms with Gasteiger partial charge in [0, 0.05) is 18.5 Å². The first kappa shape index (κ1) is 17.4. The molecule has 8 heteroatoms. The SMILES string of the molecule is CC(C)(C)c1nc(CN2CCCC(CNS(C)(=O)=O)C2)no1. The molecule has 1 aromatic rings. The number of likely N-dealkylation sites (tertiary alicyclic amines) is 1. The minimum Gasteiger partial charge on any atom is -0.339 e. The van der Waals surface area contributed by atoms with E-state index in [0.29, 0.717) is 30.7 Å². The summed E-state index contributed by atoms with van der Waals surface area (Å²) in [4.78, 5) is 6.71. The third kappa shape index (κ3) is 5.33. The molecule has 0 bridgehead atoms. The highest BCUT2D eigenvalue weighted by atomic mass is 32.2. The van der Waals surface area contributed by atoms with Gasteiger partial charge in [0.25, 0.3) is 0 Å². The lowest BCUT2D eigenvalue weighted by molar-refractivity contribution is 0.163. The molecule has 1 atom stereocenters. The number of aromatic nitrogens is 2. The standard InChI is InChI=1S/C14H26N4O3S/c1-14(2,3)13-16-12(17-21-13)10-18-7-5-6-11(9-18)8-15-22(4,19)20/h11,15H,5-10H2,1-4H3. The van der Waals surface area contributed by atoms with Crippen LogP contribution in [-0.4, -0.2) is 49.3 Å². The normalized spacial score (nSPS) is 21.2. The van der Waals surface area contributed by atoms with E-state index in [1.165, 1.54) is 6.26 Å². The van der Waals surface area contributed by atoms with Crippen molar-refractivity contribution in [2.75, 3.05) is 25.9 Å². The summed E-state index contributed by atoms with van der Waals surface area (Å²) in [5, 5.41) is 4.05. The maximum Gasteiger partial charge on any atom is 0.232 e. The first-order chi connectivity index (χ1) is 10.1. The summed E-state index contributed by atoms with van der Waals surface area (Å²) in [6, 6.07) is 0. The summed E-state index contributed by atoms with van der Waals surface area (Å²) < 4.78 is 30.3. The molecular weight excluding hydrogens is 304 g/mol. The van der Waals surface area contributed by atoms with Crippen LogP contribution in [-0.2, 0) is 22.0 Å². The minimum absolute atomic E-state index is 0.144. The maximum absolute atomic E-state index is 11.2. The molecule has 1 unspecified atom stereocenters. The summed E-state index contributed by atoms with van der Waals surface area (Å²) in [5.74, 6) is 1.67. The Hall–Kier alpha value is -0.990. The number of sulfonamides is 1. The van der Waals surface area contributed by atoms with E-state index in [1.54, 1.807) is 0 Å². The van der Waals surface area contributed by atoms with E-state index in [-0.39, 0.29) is 5.41 Å². The van der Waals surface area contributed by atoms with Crippen molar-refractivity contribution in [2.45, 2.75) is 45.6 Å². The van der Waals surface area contributed by atoms with Gasteiger partial charge >= 0.3 is 0 Å². The van der Waals surface area contributed by atoms with Gasteiger partial charge in [-0.3, -0.25) is 4.90 Å². The molecule has 1 saturated heterocycles. The van der Waals surface area contributed by atoms with Gasteiger partial charge in [-0.15, -0.1) is 0 Å². The van der Waals surface area contributed by atoms with E-state index >= 15 is 0 Å². The van der Waals surface area contributed by atoms with Crippen LogP contribution < -0.4 is 4.72 Å². The van der Waals surface area contributed by atoms with Gasteiger partial charge in [0.2, 0.25) is 15.9 Å². The van der Waals surface area contributed by atoms with Crippen LogP contribution in [0.5, 0.6) is 0 Å². The molecule has 1 aliphatic rings. The largest absolute Gasteiger partial charge is 0.339 e. The second kappa shape index (κ2) is 6.64. The van der Waals surface area contributed by atoms with Gasteiger partial charge in [-0.1, -0.05) is 25.9 Å². The summed E-state index contributed by atoms with van der Waals surface area (Å²) >= 11 is 0. The molecule has 1 aromatic heterocycles. The Labute approximate surface area is 132 Å². The van der Waals surface area contributed by atoms with Crippen molar-refractivity contribution >= 4 is 10.0 Å². The molecule has 22 heavy (non-hydrogen) atoms. The molecule has 0 aromatic carbocycles. The Morgan fingerprint density at radius 2 is 2.14 bits per heavy atom. The molecule has 0 radical (unpaired) electrons. The Morgan fingerprint density at radius 3 is 2.73 bits per heavy atom. The van der Waals surface area contributed by atoms with Gasteiger partial charge in [0.05, 0.1) is 12.8 Å². The number of piperidine rings is 1. The molecule has 1 fully saturated rings. The maximum atomic E-state index is 11.2. The monoisotopic (exact) mass is 330 g/mol. The highest BCUT2D eigenvalue weighted by molar-refractivity contribution is 7.88. The summed E-state index contributed by atoms with van der Waals surface area (Å²) in [6.07, 6.45) is 3.29. The molecule has 1 aliphatic heterocycles. The summed E-state index contributed by atoms with van der Waals surface area (Å²) in [5.41, 5.74) is -0.144. The molecule has 0 saturated carbocycles. The van der Waals surface area contributed by atoms with Crippen molar-refractivity contribution in [3.05, 3.63) is 11.7 Å². The van der Waals surface area contributed by atoms with Crippen LogP contribution >= 0.6 is 0 Å². The van der Waals surface area contributed by atoms with Gasteiger partial charge in [-0.25, -0.2) is 13.1 Å². The first-order valence-electron chi connectivity index (χ1n) is 7.63. The zero-order chi connectivity index (χ0) is 16.4. The Morgan fingerprint density at radius 1 is 1.41 bits per heavy atom. The van der Waals surface area contributed by atoms with E-state index in [0.717, 1.165) is 25.9 Å². The third-order valence-corrected chi connectivity index (χ3v) is 4.40.